The summed E-state index contributed by atoms with van der Waals surface area (Å²) in [6.07, 6.45) is 5.60. The van der Waals surface area contributed by atoms with E-state index in [1.807, 2.05) is 13.8 Å². The minimum Gasteiger partial charge on any atom is -0.378 e. The zero-order valence-corrected chi connectivity index (χ0v) is 12.9. The number of rotatable bonds is 6. The highest BCUT2D eigenvalue weighted by Crippen LogP contribution is 2.24. The normalized spacial score (nSPS) is 24.3. The third-order valence-electron chi connectivity index (χ3n) is 4.10. The molecule has 1 saturated carbocycles. The Bertz CT molecular complexity index is 284. The minimum atomic E-state index is -0.381. The average molecular weight is 270 g/mol. The van der Waals surface area contributed by atoms with Gasteiger partial charge in [-0.3, -0.25) is 4.79 Å². The Hall–Kier alpha value is -0.610. The van der Waals surface area contributed by atoms with Crippen LogP contribution < -0.4 is 5.73 Å². The number of carbonyl (C=O) groups is 1. The summed E-state index contributed by atoms with van der Waals surface area (Å²) in [6, 6.07) is 0.699. The summed E-state index contributed by atoms with van der Waals surface area (Å²) >= 11 is 0. The Labute approximate surface area is 117 Å². The smallest absolute Gasteiger partial charge is 0.225 e. The quantitative estimate of drug-likeness (QED) is 0.806. The molecule has 0 aromatic heterocycles. The number of nitrogens with two attached hydrogens (primary N) is 1. The van der Waals surface area contributed by atoms with Crippen LogP contribution in [0.2, 0.25) is 0 Å². The molecule has 1 aliphatic carbocycles. The molecule has 0 atom stereocenters. The zero-order valence-electron chi connectivity index (χ0n) is 12.9. The molecule has 0 unspecified atom stereocenters. The lowest BCUT2D eigenvalue weighted by molar-refractivity contribution is -0.139. The van der Waals surface area contributed by atoms with E-state index in [-0.39, 0.29) is 11.5 Å². The first kappa shape index (κ1) is 16.4. The molecule has 0 bridgehead atoms. The maximum absolute atomic E-state index is 12.5. The summed E-state index contributed by atoms with van der Waals surface area (Å²) in [6.45, 7) is 6.90. The third-order valence-corrected chi connectivity index (χ3v) is 4.10. The molecule has 0 aliphatic heterocycles. The van der Waals surface area contributed by atoms with Crippen LogP contribution in [-0.2, 0) is 9.53 Å². The van der Waals surface area contributed by atoms with Crippen molar-refractivity contribution in [2.24, 2.45) is 5.73 Å². The van der Waals surface area contributed by atoms with Gasteiger partial charge in [0.15, 0.2) is 0 Å². The van der Waals surface area contributed by atoms with Gasteiger partial charge >= 0.3 is 0 Å². The van der Waals surface area contributed by atoms with Gasteiger partial charge in [0, 0.05) is 25.7 Å². The predicted octanol–water partition coefficient (Wildman–Crippen LogP) is 2.31. The molecule has 0 spiro atoms. The van der Waals surface area contributed by atoms with Crippen molar-refractivity contribution in [3.05, 3.63) is 0 Å². The topological polar surface area (TPSA) is 55.6 Å². The Balaban J connectivity index is 2.63. The van der Waals surface area contributed by atoms with Crippen molar-refractivity contribution in [1.82, 2.24) is 4.90 Å². The summed E-state index contributed by atoms with van der Waals surface area (Å²) < 4.78 is 5.37. The third kappa shape index (κ3) is 5.11. The van der Waals surface area contributed by atoms with Gasteiger partial charge in [0.05, 0.1) is 12.0 Å². The second-order valence-corrected chi connectivity index (χ2v) is 6.30. The highest BCUT2D eigenvalue weighted by atomic mass is 16.5. The fraction of sp³-hybridized carbons (Fsp3) is 0.933. The van der Waals surface area contributed by atoms with Crippen LogP contribution in [0.3, 0.4) is 0 Å². The van der Waals surface area contributed by atoms with Crippen molar-refractivity contribution in [2.75, 3.05) is 13.7 Å². The van der Waals surface area contributed by atoms with Crippen LogP contribution in [0.25, 0.3) is 0 Å². The van der Waals surface area contributed by atoms with Crippen molar-refractivity contribution < 1.29 is 9.53 Å². The van der Waals surface area contributed by atoms with Crippen LogP contribution in [0.4, 0.5) is 0 Å². The molecule has 0 saturated heterocycles. The fourth-order valence-electron chi connectivity index (χ4n) is 2.70. The van der Waals surface area contributed by atoms with E-state index in [2.05, 4.69) is 11.8 Å². The van der Waals surface area contributed by atoms with E-state index < -0.39 is 0 Å². The zero-order chi connectivity index (χ0) is 14.5. The van der Waals surface area contributed by atoms with Gasteiger partial charge in [0.1, 0.15) is 0 Å². The van der Waals surface area contributed by atoms with Crippen LogP contribution in [0.5, 0.6) is 0 Å². The predicted molar refractivity (Wildman–Crippen MR) is 77.9 cm³/mol. The lowest BCUT2D eigenvalue weighted by Crippen LogP contribution is -2.46. The van der Waals surface area contributed by atoms with E-state index in [9.17, 15) is 4.79 Å². The van der Waals surface area contributed by atoms with Crippen molar-refractivity contribution >= 4 is 5.91 Å². The maximum atomic E-state index is 12.5. The van der Waals surface area contributed by atoms with Crippen LogP contribution >= 0.6 is 0 Å². The van der Waals surface area contributed by atoms with Gasteiger partial charge in [0.2, 0.25) is 5.91 Å². The number of carbonyl (C=O) groups excluding carboxylic acids is 1. The largest absolute Gasteiger partial charge is 0.378 e. The lowest BCUT2D eigenvalue weighted by atomic mass is 9.90. The highest BCUT2D eigenvalue weighted by molar-refractivity contribution is 5.77. The highest BCUT2D eigenvalue weighted by Gasteiger charge is 2.30. The monoisotopic (exact) mass is 270 g/mol. The number of amides is 1. The van der Waals surface area contributed by atoms with Crippen molar-refractivity contribution in [2.45, 2.75) is 77.0 Å². The molecule has 0 radical (unpaired) electrons. The van der Waals surface area contributed by atoms with E-state index in [1.54, 1.807) is 7.11 Å². The molecule has 0 aromatic carbocycles. The van der Waals surface area contributed by atoms with Crippen molar-refractivity contribution in [3.8, 4) is 0 Å². The summed E-state index contributed by atoms with van der Waals surface area (Å²) in [7, 11) is 1.66. The lowest BCUT2D eigenvalue weighted by Gasteiger charge is -2.37. The van der Waals surface area contributed by atoms with E-state index in [4.69, 9.17) is 10.5 Å². The first-order valence-corrected chi connectivity index (χ1v) is 7.50. The van der Waals surface area contributed by atoms with Gasteiger partial charge in [-0.15, -0.1) is 0 Å². The van der Waals surface area contributed by atoms with E-state index in [0.29, 0.717) is 18.5 Å². The molecule has 4 nitrogen and oxygen atoms in total. The van der Waals surface area contributed by atoms with E-state index in [1.165, 1.54) is 0 Å². The second-order valence-electron chi connectivity index (χ2n) is 6.30. The fourth-order valence-corrected chi connectivity index (χ4v) is 2.70. The molecule has 2 N–H and O–H groups in total. The maximum Gasteiger partial charge on any atom is 0.225 e. The van der Waals surface area contributed by atoms with Crippen LogP contribution in [0, 0.1) is 0 Å². The molecule has 0 heterocycles. The molecular weight excluding hydrogens is 240 g/mol. The second kappa shape index (κ2) is 7.25. The standard InChI is InChI=1S/C15H30N2O2/c1-5-10-17(13-8-6-12(16)7-9-13)14(18)11-15(2,3)19-4/h12-13H,5-11,16H2,1-4H3. The van der Waals surface area contributed by atoms with Gasteiger partial charge in [-0.1, -0.05) is 6.92 Å². The molecule has 112 valence electrons. The van der Waals surface area contributed by atoms with Crippen molar-refractivity contribution in [3.63, 3.8) is 0 Å². The Morgan fingerprint density at radius 1 is 1.32 bits per heavy atom. The number of methoxy groups -OCH3 is 1. The Morgan fingerprint density at radius 2 is 1.89 bits per heavy atom. The van der Waals surface area contributed by atoms with Gasteiger partial charge in [-0.05, 0) is 46.0 Å². The van der Waals surface area contributed by atoms with Gasteiger partial charge in [-0.25, -0.2) is 0 Å². The molecule has 1 rings (SSSR count). The Morgan fingerprint density at radius 3 is 2.37 bits per heavy atom. The number of hydrogen-bond acceptors (Lipinski definition) is 3. The summed E-state index contributed by atoms with van der Waals surface area (Å²) in [5.74, 6) is 0.217. The van der Waals surface area contributed by atoms with E-state index >= 15 is 0 Å². The number of nitrogens with zero attached hydrogens (tertiary/aromatic N) is 1. The summed E-state index contributed by atoms with van der Waals surface area (Å²) in [5, 5.41) is 0. The first-order chi connectivity index (χ1) is 8.89. The molecule has 1 aliphatic rings. The van der Waals surface area contributed by atoms with E-state index in [0.717, 1.165) is 38.6 Å². The Kier molecular flexibility index (Phi) is 6.27. The van der Waals surface area contributed by atoms with Gasteiger partial charge in [-0.2, -0.15) is 0 Å². The summed E-state index contributed by atoms with van der Waals surface area (Å²) in [4.78, 5) is 14.6. The number of hydrogen-bond donors (Lipinski definition) is 1. The van der Waals surface area contributed by atoms with Crippen LogP contribution in [-0.4, -0.2) is 42.1 Å². The SMILES string of the molecule is CCCN(C(=O)CC(C)(C)OC)C1CCC(N)CC1. The first-order valence-electron chi connectivity index (χ1n) is 7.50. The number of ether oxygens (including phenoxy) is 1. The van der Waals surface area contributed by atoms with Gasteiger partial charge < -0.3 is 15.4 Å². The van der Waals surface area contributed by atoms with Crippen molar-refractivity contribution in [1.29, 1.82) is 0 Å². The molecule has 1 fully saturated rings. The molecule has 1 amide bonds. The van der Waals surface area contributed by atoms with Crippen LogP contribution in [0.1, 0.15) is 59.3 Å². The molecular formula is C15H30N2O2. The molecule has 4 heteroatoms. The minimum absolute atomic E-state index is 0.217. The van der Waals surface area contributed by atoms with Crippen LogP contribution in [0.15, 0.2) is 0 Å². The van der Waals surface area contributed by atoms with Gasteiger partial charge in [0.25, 0.3) is 0 Å². The molecule has 19 heavy (non-hydrogen) atoms. The average Bonchev–Trinajstić information content (AvgIpc) is 2.36. The summed E-state index contributed by atoms with van der Waals surface area (Å²) in [5.41, 5.74) is 5.57. The molecule has 0 aromatic rings.